The summed E-state index contributed by atoms with van der Waals surface area (Å²) in [5.41, 5.74) is 9.62. The smallest absolute Gasteiger partial charge is 0.234 e. The number of rotatable bonds is 3. The summed E-state index contributed by atoms with van der Waals surface area (Å²) in [6.45, 7) is 4.30. The summed E-state index contributed by atoms with van der Waals surface area (Å²) >= 11 is 1.47. The van der Waals surface area contributed by atoms with Crippen LogP contribution in [0.15, 0.2) is 24.3 Å². The number of hydrogen-bond acceptors (Lipinski definition) is 6. The summed E-state index contributed by atoms with van der Waals surface area (Å²) < 4.78 is 1.71. The monoisotopic (exact) mass is 286 g/mol. The van der Waals surface area contributed by atoms with Crippen molar-refractivity contribution in [1.82, 2.24) is 25.2 Å². The summed E-state index contributed by atoms with van der Waals surface area (Å²) in [5, 5.41) is 18.0. The van der Waals surface area contributed by atoms with Crippen molar-refractivity contribution >= 4 is 11.3 Å². The van der Waals surface area contributed by atoms with Crippen molar-refractivity contribution in [3.05, 3.63) is 40.5 Å². The molecule has 102 valence electrons. The van der Waals surface area contributed by atoms with Gasteiger partial charge in [0.05, 0.1) is 0 Å². The third kappa shape index (κ3) is 2.21. The van der Waals surface area contributed by atoms with E-state index in [1.54, 1.807) is 4.68 Å². The average Bonchev–Trinajstić information content (AvgIpc) is 3.05. The quantitative estimate of drug-likeness (QED) is 0.794. The zero-order chi connectivity index (χ0) is 14.1. The second-order valence-electron chi connectivity index (χ2n) is 4.47. The summed E-state index contributed by atoms with van der Waals surface area (Å²) in [5.74, 6) is 0. The lowest BCUT2D eigenvalue weighted by molar-refractivity contribution is 0.782. The van der Waals surface area contributed by atoms with Crippen molar-refractivity contribution in [2.45, 2.75) is 20.4 Å². The number of hydrogen-bond donors (Lipinski definition) is 1. The maximum Gasteiger partial charge on any atom is 0.234 e. The van der Waals surface area contributed by atoms with Gasteiger partial charge in [-0.1, -0.05) is 46.4 Å². The fourth-order valence-corrected chi connectivity index (χ4v) is 2.60. The fraction of sp³-hybridized carbons (Fsp3) is 0.231. The van der Waals surface area contributed by atoms with E-state index in [4.69, 9.17) is 5.73 Å². The number of nitrogens with zero attached hydrogens (tertiary/aromatic N) is 5. The molecule has 0 aliphatic heterocycles. The Morgan fingerprint density at radius 1 is 1.10 bits per heavy atom. The van der Waals surface area contributed by atoms with E-state index >= 15 is 0 Å². The molecular formula is C13H14N6S. The van der Waals surface area contributed by atoms with E-state index < -0.39 is 0 Å². The molecule has 7 heteroatoms. The number of aryl methyl sites for hydroxylation is 2. The molecule has 2 heterocycles. The van der Waals surface area contributed by atoms with E-state index in [-0.39, 0.29) is 0 Å². The predicted octanol–water partition coefficient (Wildman–Crippen LogP) is 1.86. The van der Waals surface area contributed by atoms with Gasteiger partial charge in [0.2, 0.25) is 5.13 Å². The summed E-state index contributed by atoms with van der Waals surface area (Å²) in [6, 6.07) is 8.19. The number of benzene rings is 1. The Balaban J connectivity index is 2.17. The first kappa shape index (κ1) is 12.9. The largest absolute Gasteiger partial charge is 0.325 e. The molecule has 1 aromatic carbocycles. The summed E-state index contributed by atoms with van der Waals surface area (Å²) in [4.78, 5) is 0. The molecule has 0 atom stereocenters. The maximum atomic E-state index is 5.77. The van der Waals surface area contributed by atoms with Crippen LogP contribution in [0, 0.1) is 13.8 Å². The minimum absolute atomic E-state index is 0.334. The maximum absolute atomic E-state index is 5.77. The first-order valence-electron chi connectivity index (χ1n) is 6.21. The highest BCUT2D eigenvalue weighted by atomic mass is 32.1. The van der Waals surface area contributed by atoms with Gasteiger partial charge in [-0.2, -0.15) is 4.68 Å². The topological polar surface area (TPSA) is 82.5 Å². The van der Waals surface area contributed by atoms with E-state index in [2.05, 4.69) is 39.6 Å². The van der Waals surface area contributed by atoms with Gasteiger partial charge in [0, 0.05) is 12.1 Å². The first-order chi connectivity index (χ1) is 9.69. The molecule has 0 fully saturated rings. The van der Waals surface area contributed by atoms with Gasteiger partial charge in [0.1, 0.15) is 16.4 Å². The second kappa shape index (κ2) is 5.10. The van der Waals surface area contributed by atoms with Gasteiger partial charge in [0.15, 0.2) is 0 Å². The Kier molecular flexibility index (Phi) is 3.29. The van der Waals surface area contributed by atoms with Crippen LogP contribution in [0.4, 0.5) is 0 Å². The molecule has 2 N–H and O–H groups in total. The molecule has 2 aromatic heterocycles. The Morgan fingerprint density at radius 3 is 2.45 bits per heavy atom. The molecule has 0 amide bonds. The average molecular weight is 286 g/mol. The van der Waals surface area contributed by atoms with Crippen LogP contribution in [0.25, 0.3) is 16.4 Å². The third-order valence-corrected chi connectivity index (χ3v) is 3.77. The van der Waals surface area contributed by atoms with Gasteiger partial charge < -0.3 is 5.73 Å². The molecule has 0 bridgehead atoms. The van der Waals surface area contributed by atoms with Gasteiger partial charge in [-0.3, -0.25) is 0 Å². The van der Waals surface area contributed by atoms with Crippen molar-refractivity contribution in [3.63, 3.8) is 0 Å². The van der Waals surface area contributed by atoms with Crippen LogP contribution in [-0.4, -0.2) is 25.2 Å². The van der Waals surface area contributed by atoms with Crippen molar-refractivity contribution < 1.29 is 0 Å². The van der Waals surface area contributed by atoms with Crippen molar-refractivity contribution in [3.8, 4) is 16.4 Å². The highest BCUT2D eigenvalue weighted by Crippen LogP contribution is 2.26. The van der Waals surface area contributed by atoms with Gasteiger partial charge >= 0.3 is 0 Å². The van der Waals surface area contributed by atoms with Crippen molar-refractivity contribution in [1.29, 1.82) is 0 Å². The normalized spacial score (nSPS) is 10.9. The Labute approximate surface area is 120 Å². The lowest BCUT2D eigenvalue weighted by Gasteiger charge is -2.05. The molecule has 20 heavy (non-hydrogen) atoms. The van der Waals surface area contributed by atoms with Crippen molar-refractivity contribution in [2.75, 3.05) is 0 Å². The molecule has 3 aromatic rings. The minimum Gasteiger partial charge on any atom is -0.325 e. The van der Waals surface area contributed by atoms with E-state index in [1.165, 1.54) is 16.9 Å². The highest BCUT2D eigenvalue weighted by molar-refractivity contribution is 7.13. The van der Waals surface area contributed by atoms with Crippen LogP contribution in [0.2, 0.25) is 0 Å². The van der Waals surface area contributed by atoms with E-state index in [0.29, 0.717) is 11.7 Å². The minimum atomic E-state index is 0.334. The predicted molar refractivity (Wildman–Crippen MR) is 77.6 cm³/mol. The first-order valence-corrected chi connectivity index (χ1v) is 7.03. The fourth-order valence-electron chi connectivity index (χ4n) is 1.96. The molecule has 0 radical (unpaired) electrons. The van der Waals surface area contributed by atoms with Gasteiger partial charge in [0.25, 0.3) is 0 Å². The second-order valence-corrected chi connectivity index (χ2v) is 5.63. The molecular weight excluding hydrogens is 272 g/mol. The Bertz CT molecular complexity index is 728. The van der Waals surface area contributed by atoms with E-state index in [1.807, 2.05) is 19.1 Å². The zero-order valence-electron chi connectivity index (χ0n) is 11.2. The highest BCUT2D eigenvalue weighted by Gasteiger charge is 2.17. The summed E-state index contributed by atoms with van der Waals surface area (Å²) in [7, 11) is 0. The van der Waals surface area contributed by atoms with Crippen molar-refractivity contribution in [2.24, 2.45) is 5.73 Å². The molecule has 0 saturated heterocycles. The molecule has 0 aliphatic rings. The van der Waals surface area contributed by atoms with Gasteiger partial charge in [-0.15, -0.1) is 15.3 Å². The van der Waals surface area contributed by atoms with E-state index in [9.17, 15) is 0 Å². The number of aromatic nitrogens is 5. The van der Waals surface area contributed by atoms with E-state index in [0.717, 1.165) is 22.0 Å². The van der Waals surface area contributed by atoms with Crippen LogP contribution in [0.5, 0.6) is 0 Å². The molecule has 0 spiro atoms. The molecule has 0 aliphatic carbocycles. The summed E-state index contributed by atoms with van der Waals surface area (Å²) in [6.07, 6.45) is 0. The van der Waals surface area contributed by atoms with Crippen LogP contribution in [0.1, 0.15) is 16.3 Å². The third-order valence-electron chi connectivity index (χ3n) is 2.95. The lowest BCUT2D eigenvalue weighted by Crippen LogP contribution is -2.02. The van der Waals surface area contributed by atoms with Crippen LogP contribution < -0.4 is 5.73 Å². The molecule has 0 unspecified atom stereocenters. The SMILES string of the molecule is Cc1ccc(-c2c(CN)nnn2-c2nnc(C)s2)cc1. The van der Waals surface area contributed by atoms with Gasteiger partial charge in [-0.25, -0.2) is 0 Å². The van der Waals surface area contributed by atoms with Gasteiger partial charge in [-0.05, 0) is 13.8 Å². The van der Waals surface area contributed by atoms with Crippen LogP contribution in [-0.2, 0) is 6.54 Å². The standard InChI is InChI=1S/C13H14N6S/c1-8-3-5-10(6-4-8)12-11(7-14)16-18-19(12)13-17-15-9(2)20-13/h3-6H,7,14H2,1-2H3. The molecule has 0 saturated carbocycles. The molecule has 3 rings (SSSR count). The lowest BCUT2D eigenvalue weighted by atomic mass is 10.1. The Hall–Kier alpha value is -2.12. The molecule has 6 nitrogen and oxygen atoms in total. The number of nitrogens with two attached hydrogens (primary N) is 1. The van der Waals surface area contributed by atoms with Crippen LogP contribution >= 0.6 is 11.3 Å². The Morgan fingerprint density at radius 2 is 1.85 bits per heavy atom. The zero-order valence-corrected chi connectivity index (χ0v) is 12.1. The van der Waals surface area contributed by atoms with Crippen LogP contribution in [0.3, 0.4) is 0 Å².